The van der Waals surface area contributed by atoms with Gasteiger partial charge >= 0.3 is 0 Å². The largest absolute Gasteiger partial charge is 0.506 e. The zero-order valence-corrected chi connectivity index (χ0v) is 18.7. The Morgan fingerprint density at radius 2 is 2.07 bits per heavy atom. The molecule has 1 aliphatic heterocycles. The molecule has 0 spiro atoms. The quantitative estimate of drug-likeness (QED) is 0.582. The first-order chi connectivity index (χ1) is 14.0. The number of carbonyl (C=O) groups excluding carboxylic acids is 1. The fourth-order valence-electron chi connectivity index (χ4n) is 3.04. The molecule has 1 heterocycles. The number of phenolic OH excluding ortho intramolecular Hbond substituents is 1. The Bertz CT molecular complexity index is 706. The van der Waals surface area contributed by atoms with Crippen LogP contribution in [0.4, 0.5) is 10.1 Å². The van der Waals surface area contributed by atoms with E-state index in [1.165, 1.54) is 44.9 Å². The summed E-state index contributed by atoms with van der Waals surface area (Å²) < 4.78 is 30.0. The van der Waals surface area contributed by atoms with Crippen LogP contribution in [-0.2, 0) is 16.0 Å². The van der Waals surface area contributed by atoms with Crippen LogP contribution in [0.25, 0.3) is 5.57 Å². The molecule has 6 nitrogen and oxygen atoms in total. The summed E-state index contributed by atoms with van der Waals surface area (Å²) in [6.07, 6.45) is 8.28. The molecule has 1 aromatic carbocycles. The Balaban J connectivity index is 0.000000442. The van der Waals surface area contributed by atoms with Crippen LogP contribution in [0.3, 0.4) is 0 Å². The third kappa shape index (κ3) is 6.90. The van der Waals surface area contributed by atoms with Gasteiger partial charge in [0, 0.05) is 18.7 Å². The normalized spacial score (nSPS) is 16.4. The number of rotatable bonds is 7. The van der Waals surface area contributed by atoms with Gasteiger partial charge in [0.05, 0.1) is 6.54 Å². The Hall–Kier alpha value is -1.77. The van der Waals surface area contributed by atoms with E-state index in [0.717, 1.165) is 15.8 Å². The summed E-state index contributed by atoms with van der Waals surface area (Å²) in [5.74, 6) is 0.0497. The van der Waals surface area contributed by atoms with E-state index in [-0.39, 0.29) is 18.0 Å². The predicted octanol–water partition coefficient (Wildman–Crippen LogP) is 3.54. The van der Waals surface area contributed by atoms with Gasteiger partial charge in [-0.25, -0.2) is 13.3 Å². The second-order valence-corrected chi connectivity index (χ2v) is 7.89. The number of anilines is 1. The van der Waals surface area contributed by atoms with Crippen molar-refractivity contribution < 1.29 is 18.5 Å². The Labute approximate surface area is 176 Å². The lowest BCUT2D eigenvalue weighted by atomic mass is 9.84. The summed E-state index contributed by atoms with van der Waals surface area (Å²) >= 11 is -1.83. The van der Waals surface area contributed by atoms with Crippen LogP contribution in [0, 0.1) is 11.7 Å². The monoisotopic (exact) mass is 427 g/mol. The van der Waals surface area contributed by atoms with Crippen molar-refractivity contribution >= 4 is 28.7 Å². The average Bonchev–Trinajstić information content (AvgIpc) is 3.22. The maximum Gasteiger partial charge on any atom is 0.196 e. The Morgan fingerprint density at radius 1 is 1.38 bits per heavy atom. The molecule has 1 unspecified atom stereocenters. The van der Waals surface area contributed by atoms with Gasteiger partial charge in [-0.05, 0) is 30.7 Å². The van der Waals surface area contributed by atoms with Gasteiger partial charge in [0.1, 0.15) is 17.7 Å². The minimum Gasteiger partial charge on any atom is -0.506 e. The van der Waals surface area contributed by atoms with Gasteiger partial charge in [0.15, 0.2) is 17.0 Å². The van der Waals surface area contributed by atoms with Crippen molar-refractivity contribution in [3.63, 3.8) is 0 Å². The van der Waals surface area contributed by atoms with Crippen molar-refractivity contribution in [3.05, 3.63) is 29.6 Å². The van der Waals surface area contributed by atoms with E-state index >= 15 is 0 Å². The fourth-order valence-corrected chi connectivity index (χ4v) is 3.80. The lowest BCUT2D eigenvalue weighted by Crippen LogP contribution is -2.35. The van der Waals surface area contributed by atoms with Crippen LogP contribution in [0.1, 0.15) is 52.0 Å². The van der Waals surface area contributed by atoms with Gasteiger partial charge in [0.25, 0.3) is 0 Å². The highest BCUT2D eigenvalue weighted by atomic mass is 32.2. The summed E-state index contributed by atoms with van der Waals surface area (Å²) in [7, 11) is 1.41. The predicted molar refractivity (Wildman–Crippen MR) is 119 cm³/mol. The minimum atomic E-state index is -1.83. The summed E-state index contributed by atoms with van der Waals surface area (Å²) in [5, 5.41) is 13.0. The van der Waals surface area contributed by atoms with Crippen LogP contribution >= 0.6 is 0 Å². The van der Waals surface area contributed by atoms with Gasteiger partial charge in [-0.3, -0.25) is 4.31 Å². The molecular weight excluding hydrogens is 393 g/mol. The smallest absolute Gasteiger partial charge is 0.196 e. The van der Waals surface area contributed by atoms with E-state index < -0.39 is 17.0 Å². The molecule has 8 heteroatoms. The van der Waals surface area contributed by atoms with Crippen LogP contribution in [0.15, 0.2) is 18.2 Å². The van der Waals surface area contributed by atoms with Crippen molar-refractivity contribution in [1.82, 2.24) is 10.0 Å². The van der Waals surface area contributed by atoms with E-state index in [0.29, 0.717) is 24.9 Å². The maximum atomic E-state index is 14.7. The van der Waals surface area contributed by atoms with Crippen LogP contribution in [0.2, 0.25) is 0 Å². The van der Waals surface area contributed by atoms with Gasteiger partial charge in [0.2, 0.25) is 0 Å². The topological polar surface area (TPSA) is 81.7 Å². The highest BCUT2D eigenvalue weighted by molar-refractivity contribution is 7.84. The number of benzene rings is 1. The molecule has 0 aromatic heterocycles. The number of halogens is 1. The molecule has 1 fully saturated rings. The van der Waals surface area contributed by atoms with Crippen molar-refractivity contribution in [2.75, 3.05) is 31.0 Å². The summed E-state index contributed by atoms with van der Waals surface area (Å²) in [6, 6.07) is 2.80. The number of hydrogen-bond acceptors (Lipinski definition) is 4. The molecule has 164 valence electrons. The molecule has 1 aliphatic carbocycles. The molecule has 3 N–H and O–H groups in total. The molecule has 1 aromatic rings. The standard InChI is InChI=1S/C13H16FN3O3S.C6H12.C2H6/c1-15-21(20)17(6-7-18)13-11(19)3-2-10(12(13)14)9-4-5-16-8-9;1-2-6-4-3-5-6;1-2/h2-4,7,15-16,19H,5-6,8H2,1H3;6H,2-5H2,1H3;1-2H3. The molecular formula is C21H34FN3O3S. The van der Waals surface area contributed by atoms with E-state index in [4.69, 9.17) is 0 Å². The molecule has 0 saturated heterocycles. The number of phenols is 1. The lowest BCUT2D eigenvalue weighted by Gasteiger charge is -2.22. The number of hydrogen-bond donors (Lipinski definition) is 3. The Kier molecular flexibility index (Phi) is 11.7. The summed E-state index contributed by atoms with van der Waals surface area (Å²) in [4.78, 5) is 10.7. The van der Waals surface area contributed by atoms with Crippen LogP contribution in [-0.4, -0.2) is 42.3 Å². The minimum absolute atomic E-state index is 0.250. The van der Waals surface area contributed by atoms with E-state index in [9.17, 15) is 18.5 Å². The zero-order chi connectivity index (χ0) is 21.8. The third-order valence-electron chi connectivity index (χ3n) is 4.92. The first kappa shape index (κ1) is 25.3. The zero-order valence-electron chi connectivity index (χ0n) is 17.8. The average molecular weight is 428 g/mol. The van der Waals surface area contributed by atoms with Gasteiger partial charge < -0.3 is 15.2 Å². The molecule has 0 bridgehead atoms. The van der Waals surface area contributed by atoms with Gasteiger partial charge in [-0.1, -0.05) is 52.5 Å². The molecule has 2 aliphatic rings. The first-order valence-corrected chi connectivity index (χ1v) is 11.4. The highest BCUT2D eigenvalue weighted by Gasteiger charge is 2.24. The van der Waals surface area contributed by atoms with Crippen molar-refractivity contribution in [2.24, 2.45) is 5.92 Å². The van der Waals surface area contributed by atoms with Gasteiger partial charge in [-0.15, -0.1) is 0 Å². The van der Waals surface area contributed by atoms with Crippen molar-refractivity contribution in [2.45, 2.75) is 46.5 Å². The van der Waals surface area contributed by atoms with Crippen molar-refractivity contribution in [1.29, 1.82) is 0 Å². The lowest BCUT2D eigenvalue weighted by molar-refractivity contribution is -0.106. The molecule has 0 amide bonds. The second-order valence-electron chi connectivity index (χ2n) is 6.54. The number of carbonyl (C=O) groups is 1. The van der Waals surface area contributed by atoms with Crippen LogP contribution < -0.4 is 14.3 Å². The summed E-state index contributed by atoms with van der Waals surface area (Å²) in [5.41, 5.74) is 0.826. The van der Waals surface area contributed by atoms with Crippen LogP contribution in [0.5, 0.6) is 5.75 Å². The highest BCUT2D eigenvalue weighted by Crippen LogP contribution is 2.35. The number of aromatic hydroxyl groups is 1. The van der Waals surface area contributed by atoms with Crippen molar-refractivity contribution in [3.8, 4) is 5.75 Å². The number of aldehydes is 1. The molecule has 1 atom stereocenters. The SMILES string of the molecule is CC.CCC1CCC1.CNS(=O)N(CC=O)c1c(O)ccc(C2=CCNC2)c1F. The Morgan fingerprint density at radius 3 is 2.48 bits per heavy atom. The van der Waals surface area contributed by atoms with E-state index in [1.54, 1.807) is 0 Å². The fraction of sp³-hybridized carbons (Fsp3) is 0.571. The molecule has 1 saturated carbocycles. The van der Waals surface area contributed by atoms with E-state index in [2.05, 4.69) is 17.0 Å². The van der Waals surface area contributed by atoms with E-state index in [1.807, 2.05) is 19.9 Å². The molecule has 29 heavy (non-hydrogen) atoms. The first-order valence-electron chi connectivity index (χ1n) is 10.2. The summed E-state index contributed by atoms with van der Waals surface area (Å²) in [6.45, 7) is 7.14. The molecule has 3 rings (SSSR count). The maximum absolute atomic E-state index is 14.7. The van der Waals surface area contributed by atoms with Gasteiger partial charge in [-0.2, -0.15) is 0 Å². The third-order valence-corrected chi connectivity index (χ3v) is 6.00. The molecule has 0 radical (unpaired) electrons. The number of nitrogens with one attached hydrogen (secondary N) is 2. The number of nitrogens with zero attached hydrogens (tertiary/aromatic N) is 1. The second kappa shape index (κ2) is 13.5.